The number of hydrogen-bond acceptors (Lipinski definition) is 3. The molecule has 0 fully saturated rings. The third kappa shape index (κ3) is 1.16. The van der Waals surface area contributed by atoms with E-state index in [2.05, 4.69) is 24.3 Å². The van der Waals surface area contributed by atoms with Crippen LogP contribution in [0.1, 0.15) is 13.8 Å². The molecule has 0 aromatic heterocycles. The molecule has 0 radical (unpaired) electrons. The lowest BCUT2D eigenvalue weighted by Crippen LogP contribution is -2.38. The van der Waals surface area contributed by atoms with E-state index in [-0.39, 0.29) is 6.17 Å². The van der Waals surface area contributed by atoms with Crippen LogP contribution in [0.15, 0.2) is 29.4 Å². The molecule has 2 aliphatic rings. The van der Waals surface area contributed by atoms with Crippen LogP contribution in [0.2, 0.25) is 0 Å². The van der Waals surface area contributed by atoms with Crippen LogP contribution in [0, 0.1) is 5.92 Å². The van der Waals surface area contributed by atoms with Crippen LogP contribution in [-0.2, 0) is 0 Å². The summed E-state index contributed by atoms with van der Waals surface area (Å²) < 4.78 is 0. The lowest BCUT2D eigenvalue weighted by Gasteiger charge is -2.18. The average molecular weight is 163 g/mol. The Balaban J connectivity index is 2.17. The Hall–Kier alpha value is -1.09. The van der Waals surface area contributed by atoms with Crippen LogP contribution >= 0.6 is 0 Å². The Bertz CT molecular complexity index is 263. The first-order valence-corrected chi connectivity index (χ1v) is 4.25. The van der Waals surface area contributed by atoms with Gasteiger partial charge in [-0.3, -0.25) is 5.01 Å². The second kappa shape index (κ2) is 2.75. The van der Waals surface area contributed by atoms with Gasteiger partial charge in [-0.2, -0.15) is 0 Å². The fourth-order valence-corrected chi connectivity index (χ4v) is 1.26. The van der Waals surface area contributed by atoms with Gasteiger partial charge in [-0.25, -0.2) is 10.4 Å². The summed E-state index contributed by atoms with van der Waals surface area (Å²) >= 11 is 0. The van der Waals surface area contributed by atoms with E-state index in [1.807, 2.05) is 29.4 Å². The smallest absolute Gasteiger partial charge is 0.143 e. The van der Waals surface area contributed by atoms with Crippen molar-refractivity contribution in [1.29, 1.82) is 0 Å². The molecule has 0 amide bonds. The van der Waals surface area contributed by atoms with Crippen LogP contribution in [0.25, 0.3) is 0 Å². The van der Waals surface area contributed by atoms with E-state index in [4.69, 9.17) is 0 Å². The summed E-state index contributed by atoms with van der Waals surface area (Å²) in [5, 5.41) is 1.96. The number of fused-ring (bicyclic) bond motifs is 1. The van der Waals surface area contributed by atoms with E-state index in [1.165, 1.54) is 0 Å². The molecule has 3 nitrogen and oxygen atoms in total. The van der Waals surface area contributed by atoms with Gasteiger partial charge in [0.2, 0.25) is 0 Å². The molecule has 64 valence electrons. The number of rotatable bonds is 1. The summed E-state index contributed by atoms with van der Waals surface area (Å²) in [5.41, 5.74) is 3.28. The summed E-state index contributed by atoms with van der Waals surface area (Å²) in [5.74, 6) is 1.54. The van der Waals surface area contributed by atoms with Crippen LogP contribution < -0.4 is 5.43 Å². The SMILES string of the molecule is CC(C)C1N=C2C=CC=CN2N1. The second-order valence-electron chi connectivity index (χ2n) is 3.38. The minimum atomic E-state index is 0.229. The Labute approximate surface area is 72.4 Å². The highest BCUT2D eigenvalue weighted by atomic mass is 15.6. The average Bonchev–Trinajstić information content (AvgIpc) is 2.46. The van der Waals surface area contributed by atoms with Gasteiger partial charge in [0, 0.05) is 6.20 Å². The van der Waals surface area contributed by atoms with Crippen molar-refractivity contribution < 1.29 is 0 Å². The molecule has 3 heteroatoms. The predicted octanol–water partition coefficient (Wildman–Crippen LogP) is 1.27. The van der Waals surface area contributed by atoms with Gasteiger partial charge >= 0.3 is 0 Å². The molecule has 1 unspecified atom stereocenters. The molecular weight excluding hydrogens is 150 g/mol. The highest BCUT2D eigenvalue weighted by Gasteiger charge is 2.23. The van der Waals surface area contributed by atoms with E-state index in [0.717, 1.165) is 5.84 Å². The maximum atomic E-state index is 4.50. The molecule has 1 atom stereocenters. The molecule has 2 aliphatic heterocycles. The molecule has 0 spiro atoms. The van der Waals surface area contributed by atoms with Gasteiger partial charge < -0.3 is 0 Å². The highest BCUT2D eigenvalue weighted by Crippen LogP contribution is 2.14. The number of nitrogens with one attached hydrogen (secondary N) is 1. The van der Waals surface area contributed by atoms with Gasteiger partial charge in [0.05, 0.1) is 0 Å². The largest absolute Gasteiger partial charge is 0.265 e. The van der Waals surface area contributed by atoms with Crippen molar-refractivity contribution >= 4 is 5.84 Å². The topological polar surface area (TPSA) is 27.6 Å². The van der Waals surface area contributed by atoms with Gasteiger partial charge in [-0.15, -0.1) is 0 Å². The van der Waals surface area contributed by atoms with E-state index >= 15 is 0 Å². The third-order valence-electron chi connectivity index (χ3n) is 2.01. The lowest BCUT2D eigenvalue weighted by atomic mass is 10.2. The molecule has 2 heterocycles. The Morgan fingerprint density at radius 2 is 2.33 bits per heavy atom. The molecular formula is C9H13N3. The van der Waals surface area contributed by atoms with Crippen molar-refractivity contribution in [2.75, 3.05) is 0 Å². The third-order valence-corrected chi connectivity index (χ3v) is 2.01. The summed E-state index contributed by atoms with van der Waals surface area (Å²) in [6.45, 7) is 4.32. The maximum Gasteiger partial charge on any atom is 0.143 e. The van der Waals surface area contributed by atoms with Gasteiger partial charge in [0.1, 0.15) is 12.0 Å². The minimum absolute atomic E-state index is 0.229. The molecule has 0 aromatic rings. The van der Waals surface area contributed by atoms with Crippen LogP contribution in [-0.4, -0.2) is 17.0 Å². The molecule has 0 bridgehead atoms. The number of hydrazine groups is 1. The normalized spacial score (nSPS) is 26.4. The second-order valence-corrected chi connectivity index (χ2v) is 3.38. The molecule has 0 saturated carbocycles. The van der Waals surface area contributed by atoms with E-state index in [1.54, 1.807) is 0 Å². The Morgan fingerprint density at radius 3 is 3.00 bits per heavy atom. The van der Waals surface area contributed by atoms with Gasteiger partial charge in [-0.05, 0) is 18.1 Å². The van der Waals surface area contributed by atoms with Crippen molar-refractivity contribution in [3.63, 3.8) is 0 Å². The minimum Gasteiger partial charge on any atom is -0.265 e. The fourth-order valence-electron chi connectivity index (χ4n) is 1.26. The zero-order valence-corrected chi connectivity index (χ0v) is 7.36. The monoisotopic (exact) mass is 163 g/mol. The first-order chi connectivity index (χ1) is 5.77. The zero-order valence-electron chi connectivity index (χ0n) is 7.36. The summed E-state index contributed by atoms with van der Waals surface area (Å²) in [4.78, 5) is 4.50. The highest BCUT2D eigenvalue weighted by molar-refractivity contribution is 5.95. The standard InChI is InChI=1S/C9H13N3/c1-7(2)9-10-8-5-3-4-6-12(8)11-9/h3-7,9,11H,1-2H3. The van der Waals surface area contributed by atoms with Gasteiger partial charge in [0.25, 0.3) is 0 Å². The number of nitrogens with zero attached hydrogens (tertiary/aromatic N) is 2. The maximum absolute atomic E-state index is 4.50. The number of hydrogen-bond donors (Lipinski definition) is 1. The van der Waals surface area contributed by atoms with E-state index < -0.39 is 0 Å². The zero-order chi connectivity index (χ0) is 8.55. The lowest BCUT2D eigenvalue weighted by molar-refractivity contribution is 0.324. The van der Waals surface area contributed by atoms with Crippen LogP contribution in [0.4, 0.5) is 0 Å². The quantitative estimate of drug-likeness (QED) is 0.630. The van der Waals surface area contributed by atoms with Crippen molar-refractivity contribution in [2.45, 2.75) is 20.0 Å². The fraction of sp³-hybridized carbons (Fsp3) is 0.444. The van der Waals surface area contributed by atoms with E-state index in [9.17, 15) is 0 Å². The first kappa shape index (κ1) is 7.55. The number of amidine groups is 1. The van der Waals surface area contributed by atoms with Gasteiger partial charge in [-0.1, -0.05) is 19.9 Å². The van der Waals surface area contributed by atoms with Crippen molar-refractivity contribution in [2.24, 2.45) is 10.9 Å². The van der Waals surface area contributed by atoms with Crippen molar-refractivity contribution in [3.05, 3.63) is 24.4 Å². The number of aliphatic imine (C=N–C) groups is 1. The van der Waals surface area contributed by atoms with Crippen LogP contribution in [0.3, 0.4) is 0 Å². The molecule has 0 aromatic carbocycles. The van der Waals surface area contributed by atoms with Crippen molar-refractivity contribution in [1.82, 2.24) is 10.4 Å². The summed E-state index contributed by atoms with van der Waals surface area (Å²) in [7, 11) is 0. The molecule has 1 N–H and O–H groups in total. The molecule has 0 aliphatic carbocycles. The summed E-state index contributed by atoms with van der Waals surface area (Å²) in [6, 6.07) is 0. The van der Waals surface area contributed by atoms with E-state index in [0.29, 0.717) is 5.92 Å². The number of allylic oxidation sites excluding steroid dienone is 2. The van der Waals surface area contributed by atoms with Crippen molar-refractivity contribution in [3.8, 4) is 0 Å². The molecule has 0 saturated heterocycles. The molecule has 2 rings (SSSR count). The summed E-state index contributed by atoms with van der Waals surface area (Å²) in [6.07, 6.45) is 8.22. The first-order valence-electron chi connectivity index (χ1n) is 4.25. The van der Waals surface area contributed by atoms with Crippen LogP contribution in [0.5, 0.6) is 0 Å². The van der Waals surface area contributed by atoms with Gasteiger partial charge in [0.15, 0.2) is 0 Å². The predicted molar refractivity (Wildman–Crippen MR) is 49.3 cm³/mol. The molecule has 12 heavy (non-hydrogen) atoms. The Kier molecular flexibility index (Phi) is 1.73. The Morgan fingerprint density at radius 1 is 1.50 bits per heavy atom.